The van der Waals surface area contributed by atoms with E-state index in [9.17, 15) is 4.79 Å². The molecular weight excluding hydrogens is 384 g/mol. The Labute approximate surface area is 148 Å². The van der Waals surface area contributed by atoms with Gasteiger partial charge in [0.25, 0.3) is 5.91 Å². The molecule has 1 amide bonds. The van der Waals surface area contributed by atoms with Gasteiger partial charge in [-0.05, 0) is 55.4 Å². The SMILES string of the molecule is Cl.O=C(N[C@H]1CN2CCC1CC2)c1cc2ccc(Br)cc2s1. The summed E-state index contributed by atoms with van der Waals surface area (Å²) < 4.78 is 2.21. The number of amides is 1. The predicted molar refractivity (Wildman–Crippen MR) is 97.2 cm³/mol. The van der Waals surface area contributed by atoms with Crippen molar-refractivity contribution >= 4 is 55.7 Å². The summed E-state index contributed by atoms with van der Waals surface area (Å²) in [6, 6.07) is 8.48. The van der Waals surface area contributed by atoms with E-state index in [1.165, 1.54) is 25.9 Å². The van der Waals surface area contributed by atoms with Gasteiger partial charge in [-0.15, -0.1) is 23.7 Å². The van der Waals surface area contributed by atoms with Crippen LogP contribution in [0.1, 0.15) is 22.5 Å². The fraction of sp³-hybridized carbons (Fsp3) is 0.438. The lowest BCUT2D eigenvalue weighted by atomic mass is 9.84. The molecule has 3 saturated heterocycles. The van der Waals surface area contributed by atoms with E-state index in [0.717, 1.165) is 26.0 Å². The molecule has 0 spiro atoms. The summed E-state index contributed by atoms with van der Waals surface area (Å²) in [6.07, 6.45) is 2.45. The maximum atomic E-state index is 12.5. The van der Waals surface area contributed by atoms with Crippen LogP contribution in [0.4, 0.5) is 0 Å². The first-order valence-electron chi connectivity index (χ1n) is 7.41. The second kappa shape index (κ2) is 6.48. The number of hydrogen-bond acceptors (Lipinski definition) is 3. The van der Waals surface area contributed by atoms with Gasteiger partial charge in [-0.2, -0.15) is 0 Å². The molecular formula is C16H18BrClN2OS. The highest BCUT2D eigenvalue weighted by Gasteiger charge is 2.35. The molecule has 118 valence electrons. The van der Waals surface area contributed by atoms with E-state index in [1.807, 2.05) is 12.1 Å². The fourth-order valence-electron chi connectivity index (χ4n) is 3.49. The molecule has 1 aromatic heterocycles. The molecule has 5 rings (SSSR count). The topological polar surface area (TPSA) is 32.3 Å². The Kier molecular flexibility index (Phi) is 4.78. The lowest BCUT2D eigenvalue weighted by Gasteiger charge is -2.44. The summed E-state index contributed by atoms with van der Waals surface area (Å²) in [5, 5.41) is 4.40. The highest BCUT2D eigenvalue weighted by atomic mass is 79.9. The summed E-state index contributed by atoms with van der Waals surface area (Å²) in [4.78, 5) is 15.8. The van der Waals surface area contributed by atoms with Gasteiger partial charge in [0.1, 0.15) is 0 Å². The van der Waals surface area contributed by atoms with Gasteiger partial charge in [0.05, 0.1) is 4.88 Å². The summed E-state index contributed by atoms with van der Waals surface area (Å²) in [7, 11) is 0. The van der Waals surface area contributed by atoms with E-state index in [2.05, 4.69) is 38.3 Å². The summed E-state index contributed by atoms with van der Waals surface area (Å²) >= 11 is 5.05. The average molecular weight is 402 g/mol. The monoisotopic (exact) mass is 400 g/mol. The number of carbonyl (C=O) groups excluding carboxylic acids is 1. The van der Waals surface area contributed by atoms with Gasteiger partial charge in [0.2, 0.25) is 0 Å². The van der Waals surface area contributed by atoms with Crippen LogP contribution in [-0.4, -0.2) is 36.5 Å². The van der Waals surface area contributed by atoms with Crippen molar-refractivity contribution in [2.45, 2.75) is 18.9 Å². The van der Waals surface area contributed by atoms with Crippen molar-refractivity contribution < 1.29 is 4.79 Å². The van der Waals surface area contributed by atoms with Crippen LogP contribution in [-0.2, 0) is 0 Å². The predicted octanol–water partition coefficient (Wildman–Crippen LogP) is 3.91. The van der Waals surface area contributed by atoms with Crippen molar-refractivity contribution in [3.8, 4) is 0 Å². The Hall–Kier alpha value is -0.620. The van der Waals surface area contributed by atoms with Crippen LogP contribution in [0, 0.1) is 5.92 Å². The fourth-order valence-corrected chi connectivity index (χ4v) is 5.00. The largest absolute Gasteiger partial charge is 0.347 e. The molecule has 1 aromatic carbocycles. The van der Waals surface area contributed by atoms with Crippen molar-refractivity contribution in [3.63, 3.8) is 0 Å². The molecule has 3 fully saturated rings. The zero-order valence-electron chi connectivity index (χ0n) is 12.0. The maximum absolute atomic E-state index is 12.5. The minimum atomic E-state index is 0. The van der Waals surface area contributed by atoms with Gasteiger partial charge in [0.15, 0.2) is 0 Å². The third-order valence-electron chi connectivity index (χ3n) is 4.68. The first-order valence-corrected chi connectivity index (χ1v) is 9.02. The highest BCUT2D eigenvalue weighted by molar-refractivity contribution is 9.10. The number of carbonyl (C=O) groups is 1. The average Bonchev–Trinajstić information content (AvgIpc) is 2.91. The zero-order chi connectivity index (χ0) is 14.4. The number of fused-ring (bicyclic) bond motifs is 4. The Morgan fingerprint density at radius 3 is 2.73 bits per heavy atom. The van der Waals surface area contributed by atoms with Gasteiger partial charge in [-0.1, -0.05) is 22.0 Å². The van der Waals surface area contributed by atoms with Gasteiger partial charge >= 0.3 is 0 Å². The van der Waals surface area contributed by atoms with Crippen LogP contribution in [0.15, 0.2) is 28.7 Å². The van der Waals surface area contributed by atoms with E-state index in [-0.39, 0.29) is 18.3 Å². The second-order valence-corrected chi connectivity index (χ2v) is 8.01. The van der Waals surface area contributed by atoms with Gasteiger partial charge in [-0.3, -0.25) is 4.79 Å². The van der Waals surface area contributed by atoms with Crippen LogP contribution in [0.3, 0.4) is 0 Å². The van der Waals surface area contributed by atoms with E-state index < -0.39 is 0 Å². The van der Waals surface area contributed by atoms with Crippen LogP contribution < -0.4 is 5.32 Å². The number of halogens is 2. The standard InChI is InChI=1S/C16H17BrN2OS.ClH/c17-12-2-1-11-7-15(21-14(11)8-12)16(20)18-13-9-19-5-3-10(13)4-6-19;/h1-2,7-8,10,13H,3-6,9H2,(H,18,20);1H/t13-;/m0./s1. The first kappa shape index (κ1) is 16.2. The summed E-state index contributed by atoms with van der Waals surface area (Å²) in [6.45, 7) is 3.43. The normalized spacial score (nSPS) is 26.7. The maximum Gasteiger partial charge on any atom is 0.261 e. The minimum absolute atomic E-state index is 0. The Bertz CT molecular complexity index is 697. The first-order chi connectivity index (χ1) is 10.2. The van der Waals surface area contributed by atoms with Crippen molar-refractivity contribution in [1.29, 1.82) is 0 Å². The number of thiophene rings is 1. The van der Waals surface area contributed by atoms with E-state index in [1.54, 1.807) is 11.3 Å². The number of nitrogens with zero attached hydrogens (tertiary/aromatic N) is 1. The number of rotatable bonds is 2. The quantitative estimate of drug-likeness (QED) is 0.827. The minimum Gasteiger partial charge on any atom is -0.347 e. The molecule has 2 aromatic rings. The number of piperidine rings is 3. The van der Waals surface area contributed by atoms with Crippen LogP contribution >= 0.6 is 39.7 Å². The zero-order valence-corrected chi connectivity index (χ0v) is 15.3. The third kappa shape index (κ3) is 3.04. The number of nitrogens with one attached hydrogen (secondary N) is 1. The molecule has 0 aliphatic carbocycles. The molecule has 3 aliphatic rings. The number of hydrogen-bond donors (Lipinski definition) is 1. The third-order valence-corrected chi connectivity index (χ3v) is 6.27. The molecule has 3 aliphatic heterocycles. The van der Waals surface area contributed by atoms with Crippen molar-refractivity contribution in [2.24, 2.45) is 5.92 Å². The number of benzene rings is 1. The Balaban J connectivity index is 0.00000144. The molecule has 1 N–H and O–H groups in total. The van der Waals surface area contributed by atoms with Crippen LogP contribution in [0.25, 0.3) is 10.1 Å². The van der Waals surface area contributed by atoms with Gasteiger partial charge in [-0.25, -0.2) is 0 Å². The van der Waals surface area contributed by atoms with Crippen molar-refractivity contribution in [3.05, 3.63) is 33.6 Å². The van der Waals surface area contributed by atoms with E-state index in [0.29, 0.717) is 12.0 Å². The van der Waals surface area contributed by atoms with E-state index in [4.69, 9.17) is 0 Å². The molecule has 1 atom stereocenters. The summed E-state index contributed by atoms with van der Waals surface area (Å²) in [5.74, 6) is 0.758. The molecule has 0 unspecified atom stereocenters. The molecule has 2 bridgehead atoms. The molecule has 4 heterocycles. The highest BCUT2D eigenvalue weighted by Crippen LogP contribution is 2.30. The van der Waals surface area contributed by atoms with Crippen molar-refractivity contribution in [2.75, 3.05) is 19.6 Å². The lowest BCUT2D eigenvalue weighted by molar-refractivity contribution is 0.0622. The molecule has 0 saturated carbocycles. The smallest absolute Gasteiger partial charge is 0.261 e. The Morgan fingerprint density at radius 1 is 1.27 bits per heavy atom. The van der Waals surface area contributed by atoms with Crippen molar-refractivity contribution in [1.82, 2.24) is 10.2 Å². The molecule has 0 radical (unpaired) electrons. The lowest BCUT2D eigenvalue weighted by Crippen LogP contribution is -2.57. The molecule has 3 nitrogen and oxygen atoms in total. The van der Waals surface area contributed by atoms with Crippen LogP contribution in [0.2, 0.25) is 0 Å². The molecule has 22 heavy (non-hydrogen) atoms. The van der Waals surface area contributed by atoms with E-state index >= 15 is 0 Å². The second-order valence-electron chi connectivity index (χ2n) is 6.01. The molecule has 6 heteroatoms. The van der Waals surface area contributed by atoms with Gasteiger partial charge < -0.3 is 10.2 Å². The Morgan fingerprint density at radius 2 is 2.05 bits per heavy atom. The van der Waals surface area contributed by atoms with Crippen LogP contribution in [0.5, 0.6) is 0 Å². The summed E-state index contributed by atoms with van der Waals surface area (Å²) in [5.41, 5.74) is 0. The van der Waals surface area contributed by atoms with Gasteiger partial charge in [0, 0.05) is 21.8 Å².